The number of carbonyl (C=O) groups is 1. The third-order valence-electron chi connectivity index (χ3n) is 3.81. The zero-order valence-corrected chi connectivity index (χ0v) is 12.9. The van der Waals surface area contributed by atoms with Crippen LogP contribution in [0.5, 0.6) is 0 Å². The molecule has 2 aromatic rings. The number of hydrogen-bond donors (Lipinski definition) is 1. The number of carbonyl (C=O) groups excluding carboxylic acids is 1. The second-order valence-corrected chi connectivity index (χ2v) is 5.36. The van der Waals surface area contributed by atoms with Crippen molar-refractivity contribution in [2.45, 2.75) is 19.4 Å². The molecule has 0 saturated heterocycles. The topological polar surface area (TPSA) is 44.7 Å². The summed E-state index contributed by atoms with van der Waals surface area (Å²) in [5.41, 5.74) is 2.71. The summed E-state index contributed by atoms with van der Waals surface area (Å²) in [7, 11) is 0. The van der Waals surface area contributed by atoms with E-state index in [1.54, 1.807) is 12.1 Å². The van der Waals surface area contributed by atoms with Gasteiger partial charge >= 0.3 is 6.03 Å². The summed E-state index contributed by atoms with van der Waals surface area (Å²) in [6.45, 7) is 2.39. The van der Waals surface area contributed by atoms with Gasteiger partial charge in [0, 0.05) is 13.0 Å². The van der Waals surface area contributed by atoms with E-state index in [-0.39, 0.29) is 17.9 Å². The van der Waals surface area contributed by atoms with E-state index in [4.69, 9.17) is 0 Å². The minimum absolute atomic E-state index is 0.225. The number of nitrogens with one attached hydrogen (secondary N) is 1. The highest BCUT2D eigenvalue weighted by atomic mass is 19.1. The Labute approximate surface area is 134 Å². The van der Waals surface area contributed by atoms with Crippen molar-refractivity contribution in [3.63, 3.8) is 0 Å². The molecule has 4 nitrogen and oxygen atoms in total. The van der Waals surface area contributed by atoms with Crippen LogP contribution in [0.3, 0.4) is 0 Å². The summed E-state index contributed by atoms with van der Waals surface area (Å²) in [6, 6.07) is 15.5. The Morgan fingerprint density at radius 2 is 1.91 bits per heavy atom. The fraction of sp³-hybridized carbons (Fsp3) is 0.222. The van der Waals surface area contributed by atoms with E-state index >= 15 is 0 Å². The minimum Gasteiger partial charge on any atom is -0.337 e. The van der Waals surface area contributed by atoms with E-state index in [1.807, 2.05) is 37.3 Å². The van der Waals surface area contributed by atoms with Gasteiger partial charge in [0.05, 0.1) is 11.8 Å². The van der Waals surface area contributed by atoms with Gasteiger partial charge in [0.1, 0.15) is 5.82 Å². The zero-order valence-electron chi connectivity index (χ0n) is 12.9. The molecule has 2 aromatic carbocycles. The number of benzene rings is 2. The van der Waals surface area contributed by atoms with Crippen LogP contribution in [-0.2, 0) is 0 Å². The van der Waals surface area contributed by atoms with E-state index in [2.05, 4.69) is 10.4 Å². The predicted molar refractivity (Wildman–Crippen MR) is 87.6 cm³/mol. The van der Waals surface area contributed by atoms with Gasteiger partial charge in [-0.15, -0.1) is 0 Å². The Bertz CT molecular complexity index is 713. The van der Waals surface area contributed by atoms with Gasteiger partial charge in [-0.25, -0.2) is 14.2 Å². The molecule has 1 heterocycles. The summed E-state index contributed by atoms with van der Waals surface area (Å²) < 4.78 is 13.2. The van der Waals surface area contributed by atoms with Crippen molar-refractivity contribution in [3.05, 3.63) is 71.5 Å². The molecule has 118 valence electrons. The summed E-state index contributed by atoms with van der Waals surface area (Å²) in [5, 5.41) is 8.74. The number of halogens is 1. The fourth-order valence-corrected chi connectivity index (χ4v) is 2.68. The lowest BCUT2D eigenvalue weighted by atomic mass is 9.98. The maximum atomic E-state index is 13.2. The molecule has 1 atom stereocenters. The summed E-state index contributed by atoms with van der Waals surface area (Å²) in [4.78, 5) is 12.3. The van der Waals surface area contributed by atoms with E-state index in [0.29, 0.717) is 13.0 Å². The molecule has 5 heteroatoms. The molecule has 0 bridgehead atoms. The van der Waals surface area contributed by atoms with E-state index in [1.165, 1.54) is 17.1 Å². The van der Waals surface area contributed by atoms with Crippen molar-refractivity contribution in [3.8, 4) is 0 Å². The average molecular weight is 311 g/mol. The van der Waals surface area contributed by atoms with Crippen LogP contribution in [-0.4, -0.2) is 23.3 Å². The molecule has 0 saturated carbocycles. The normalized spacial score (nSPS) is 17.0. The predicted octanol–water partition coefficient (Wildman–Crippen LogP) is 3.71. The number of nitrogens with zero attached hydrogens (tertiary/aromatic N) is 2. The van der Waals surface area contributed by atoms with Crippen molar-refractivity contribution >= 4 is 11.7 Å². The Morgan fingerprint density at radius 1 is 1.22 bits per heavy atom. The van der Waals surface area contributed by atoms with Crippen molar-refractivity contribution in [1.29, 1.82) is 0 Å². The lowest BCUT2D eigenvalue weighted by molar-refractivity contribution is 0.187. The lowest BCUT2D eigenvalue weighted by Crippen LogP contribution is -2.36. The average Bonchev–Trinajstić information content (AvgIpc) is 3.02. The molecule has 1 aliphatic rings. The summed E-state index contributed by atoms with van der Waals surface area (Å²) >= 11 is 0. The van der Waals surface area contributed by atoms with E-state index in [0.717, 1.165) is 16.8 Å². The number of amides is 2. The van der Waals surface area contributed by atoms with Crippen LogP contribution in [0.2, 0.25) is 0 Å². The number of hydrazone groups is 1. The largest absolute Gasteiger partial charge is 0.338 e. The molecule has 23 heavy (non-hydrogen) atoms. The van der Waals surface area contributed by atoms with Crippen molar-refractivity contribution in [1.82, 2.24) is 10.3 Å². The zero-order chi connectivity index (χ0) is 16.2. The van der Waals surface area contributed by atoms with E-state index in [9.17, 15) is 9.18 Å². The van der Waals surface area contributed by atoms with Crippen molar-refractivity contribution < 1.29 is 9.18 Å². The molecular weight excluding hydrogens is 293 g/mol. The number of urea groups is 1. The first-order valence-corrected chi connectivity index (χ1v) is 7.64. The third-order valence-corrected chi connectivity index (χ3v) is 3.81. The number of hydrogen-bond acceptors (Lipinski definition) is 2. The smallest absolute Gasteiger partial charge is 0.337 e. The van der Waals surface area contributed by atoms with Gasteiger partial charge in [0.15, 0.2) is 0 Å². The van der Waals surface area contributed by atoms with Crippen molar-refractivity contribution in [2.24, 2.45) is 5.10 Å². The Hall–Kier alpha value is -2.69. The highest BCUT2D eigenvalue weighted by Crippen LogP contribution is 2.32. The summed E-state index contributed by atoms with van der Waals surface area (Å²) in [6.07, 6.45) is 0.604. The molecule has 0 aliphatic carbocycles. The van der Waals surface area contributed by atoms with Crippen LogP contribution in [0.25, 0.3) is 0 Å². The van der Waals surface area contributed by atoms with Gasteiger partial charge in [-0.3, -0.25) is 0 Å². The molecule has 1 unspecified atom stereocenters. The second-order valence-electron chi connectivity index (χ2n) is 5.36. The molecule has 1 aliphatic heterocycles. The Kier molecular flexibility index (Phi) is 4.37. The van der Waals surface area contributed by atoms with Crippen LogP contribution in [0.4, 0.5) is 9.18 Å². The molecule has 0 radical (unpaired) electrons. The number of rotatable bonds is 3. The maximum absolute atomic E-state index is 13.2. The van der Waals surface area contributed by atoms with Crippen molar-refractivity contribution in [2.75, 3.05) is 6.54 Å². The van der Waals surface area contributed by atoms with Gasteiger partial charge in [-0.05, 0) is 30.2 Å². The van der Waals surface area contributed by atoms with Gasteiger partial charge in [-0.1, -0.05) is 42.5 Å². The minimum atomic E-state index is -0.291. The Morgan fingerprint density at radius 3 is 2.57 bits per heavy atom. The van der Waals surface area contributed by atoms with Crippen LogP contribution >= 0.6 is 0 Å². The fourth-order valence-electron chi connectivity index (χ4n) is 2.68. The molecule has 3 rings (SSSR count). The van der Waals surface area contributed by atoms with E-state index < -0.39 is 0 Å². The first-order valence-electron chi connectivity index (χ1n) is 7.64. The van der Waals surface area contributed by atoms with Crippen LogP contribution in [0.1, 0.15) is 30.5 Å². The SMILES string of the molecule is CCNC(=O)N1N=C(c2ccccc2)CC1c1ccc(F)cc1. The van der Waals surface area contributed by atoms with Gasteiger partial charge in [-0.2, -0.15) is 5.10 Å². The third kappa shape index (κ3) is 3.23. The quantitative estimate of drug-likeness (QED) is 0.923. The molecule has 1 N–H and O–H groups in total. The molecule has 2 amide bonds. The highest BCUT2D eigenvalue weighted by molar-refractivity contribution is 6.03. The van der Waals surface area contributed by atoms with Gasteiger partial charge < -0.3 is 5.32 Å². The lowest BCUT2D eigenvalue weighted by Gasteiger charge is -2.22. The molecule has 0 fully saturated rings. The second kappa shape index (κ2) is 6.60. The maximum Gasteiger partial charge on any atom is 0.338 e. The molecular formula is C18H18FN3O. The first-order chi connectivity index (χ1) is 11.2. The van der Waals surface area contributed by atoms with Crippen LogP contribution in [0.15, 0.2) is 59.7 Å². The Balaban J connectivity index is 1.92. The van der Waals surface area contributed by atoms with Crippen LogP contribution in [0, 0.1) is 5.82 Å². The van der Waals surface area contributed by atoms with Gasteiger partial charge in [0.25, 0.3) is 0 Å². The molecule has 0 spiro atoms. The standard InChI is InChI=1S/C18H18FN3O/c1-2-20-18(23)22-17(14-8-10-15(19)11-9-14)12-16(21-22)13-6-4-3-5-7-13/h3-11,17H,2,12H2,1H3,(H,20,23). The van der Waals surface area contributed by atoms with Gasteiger partial charge in [0.2, 0.25) is 0 Å². The van der Waals surface area contributed by atoms with Crippen LogP contribution < -0.4 is 5.32 Å². The monoisotopic (exact) mass is 311 g/mol. The first kappa shape index (κ1) is 15.2. The highest BCUT2D eigenvalue weighted by Gasteiger charge is 2.32. The summed E-state index contributed by atoms with van der Waals surface area (Å²) in [5.74, 6) is -0.291. The molecule has 0 aromatic heterocycles.